The number of halogens is 2. The number of aliphatic hydroxyl groups excluding tert-OH is 1. The number of ketones is 1. The van der Waals surface area contributed by atoms with Crippen molar-refractivity contribution >= 4 is 44.3 Å². The predicted molar refractivity (Wildman–Crippen MR) is 124 cm³/mol. The fourth-order valence-electron chi connectivity index (χ4n) is 4.95. The van der Waals surface area contributed by atoms with Crippen LogP contribution in [0.2, 0.25) is 0 Å². The highest BCUT2D eigenvalue weighted by Crippen LogP contribution is 2.52. The zero-order valence-electron chi connectivity index (χ0n) is 18.1. The summed E-state index contributed by atoms with van der Waals surface area (Å²) in [6.07, 6.45) is -2.12. The molecule has 0 bridgehead atoms. The molecule has 3 heterocycles. The van der Waals surface area contributed by atoms with Crippen LogP contribution in [-0.2, 0) is 11.3 Å². The molecule has 10 heteroatoms. The molecule has 33 heavy (non-hydrogen) atoms. The maximum absolute atomic E-state index is 14.5. The summed E-state index contributed by atoms with van der Waals surface area (Å²) >= 11 is 3.31. The summed E-state index contributed by atoms with van der Waals surface area (Å²) in [6.45, 7) is 3.10. The summed E-state index contributed by atoms with van der Waals surface area (Å²) in [5.41, 5.74) is 0.899. The van der Waals surface area contributed by atoms with Gasteiger partial charge in [-0.3, -0.25) is 14.3 Å². The van der Waals surface area contributed by atoms with E-state index in [1.807, 2.05) is 25.1 Å². The van der Waals surface area contributed by atoms with Crippen molar-refractivity contribution in [2.45, 2.75) is 50.7 Å². The second-order valence-corrected chi connectivity index (χ2v) is 9.60. The van der Waals surface area contributed by atoms with E-state index in [2.05, 4.69) is 31.3 Å². The number of aryl methyl sites for hydroxylation is 1. The van der Waals surface area contributed by atoms with Gasteiger partial charge in [-0.15, -0.1) is 0 Å². The van der Waals surface area contributed by atoms with Crippen LogP contribution in [0.15, 0.2) is 41.0 Å². The van der Waals surface area contributed by atoms with Crippen LogP contribution in [0, 0.1) is 6.92 Å². The minimum absolute atomic E-state index is 0.0450. The van der Waals surface area contributed by atoms with Gasteiger partial charge in [0.05, 0.1) is 23.6 Å². The van der Waals surface area contributed by atoms with Crippen molar-refractivity contribution in [3.05, 3.63) is 52.3 Å². The standard InChI is InChI=1S/C23H23BrFN5O3/c1-12-6-7-16-15(8-12)20(13(2)31)28-30(16)11-19(32)29-10-14(25)9-23(29)21(22(23)33)27-18-5-3-4-17(24)26-18/h3-8,14,21-22,33H,9-11H2,1-2H3,(H,26,27)/t14-,21?,22-,23?/m1/s1. The Morgan fingerprint density at radius 1 is 1.33 bits per heavy atom. The van der Waals surface area contributed by atoms with Crippen LogP contribution in [-0.4, -0.2) is 66.9 Å². The first-order chi connectivity index (χ1) is 15.7. The van der Waals surface area contributed by atoms with Gasteiger partial charge in [-0.2, -0.15) is 5.10 Å². The fraction of sp³-hybridized carbons (Fsp3) is 0.391. The van der Waals surface area contributed by atoms with Gasteiger partial charge in [0.2, 0.25) is 5.91 Å². The number of alkyl halides is 1. The lowest BCUT2D eigenvalue weighted by atomic mass is 10.1. The molecule has 1 amide bonds. The molecule has 1 aromatic carbocycles. The van der Waals surface area contributed by atoms with Gasteiger partial charge in [0, 0.05) is 18.7 Å². The largest absolute Gasteiger partial charge is 0.388 e. The average Bonchev–Trinajstić information content (AvgIpc) is 3.06. The molecule has 1 saturated carbocycles. The maximum atomic E-state index is 14.5. The number of nitrogens with one attached hydrogen (secondary N) is 1. The number of likely N-dealkylation sites (tertiary alicyclic amines) is 1. The minimum atomic E-state index is -1.24. The quantitative estimate of drug-likeness (QED) is 0.400. The number of rotatable bonds is 5. The van der Waals surface area contributed by atoms with Crippen LogP contribution in [0.5, 0.6) is 0 Å². The lowest BCUT2D eigenvalue weighted by molar-refractivity contribution is -0.134. The molecule has 4 atom stereocenters. The van der Waals surface area contributed by atoms with Gasteiger partial charge in [0.25, 0.3) is 0 Å². The number of hydrogen-bond donors (Lipinski definition) is 2. The van der Waals surface area contributed by atoms with Gasteiger partial charge in [-0.25, -0.2) is 9.37 Å². The van der Waals surface area contributed by atoms with E-state index < -0.39 is 23.9 Å². The van der Waals surface area contributed by atoms with Gasteiger partial charge in [0.15, 0.2) is 5.78 Å². The Labute approximate surface area is 197 Å². The first-order valence-electron chi connectivity index (χ1n) is 10.7. The number of benzene rings is 1. The van der Waals surface area contributed by atoms with E-state index in [0.29, 0.717) is 27.0 Å². The van der Waals surface area contributed by atoms with Crippen molar-refractivity contribution in [3.63, 3.8) is 0 Å². The molecule has 1 aliphatic heterocycles. The van der Waals surface area contributed by atoms with E-state index in [1.165, 1.54) is 16.5 Å². The van der Waals surface area contributed by atoms with E-state index in [4.69, 9.17) is 0 Å². The van der Waals surface area contributed by atoms with Crippen LogP contribution in [0.3, 0.4) is 0 Å². The second-order valence-electron chi connectivity index (χ2n) is 8.79. The molecule has 8 nitrogen and oxygen atoms in total. The maximum Gasteiger partial charge on any atom is 0.245 e. The van der Waals surface area contributed by atoms with Crippen LogP contribution < -0.4 is 5.32 Å². The summed E-state index contributed by atoms with van der Waals surface area (Å²) in [6, 6.07) is 10.4. The van der Waals surface area contributed by atoms with Gasteiger partial charge in [-0.1, -0.05) is 17.7 Å². The Bertz CT molecular complexity index is 1280. The van der Waals surface area contributed by atoms with E-state index in [-0.39, 0.29) is 31.2 Å². The Hall–Kier alpha value is -2.85. The van der Waals surface area contributed by atoms with Crippen molar-refractivity contribution in [1.29, 1.82) is 0 Å². The average molecular weight is 516 g/mol. The molecule has 2 N–H and O–H groups in total. The predicted octanol–water partition coefficient (Wildman–Crippen LogP) is 2.87. The summed E-state index contributed by atoms with van der Waals surface area (Å²) in [5, 5.41) is 19.0. The Kier molecular flexibility index (Phi) is 5.24. The highest BCUT2D eigenvalue weighted by atomic mass is 79.9. The van der Waals surface area contributed by atoms with Gasteiger partial charge in [0.1, 0.15) is 34.9 Å². The number of anilines is 1. The summed E-state index contributed by atoms with van der Waals surface area (Å²) in [5.74, 6) is -0.0259. The van der Waals surface area contributed by atoms with Crippen molar-refractivity contribution in [3.8, 4) is 0 Å². The highest BCUT2D eigenvalue weighted by Gasteiger charge is 2.72. The number of amides is 1. The lowest BCUT2D eigenvalue weighted by Crippen LogP contribution is -2.44. The van der Waals surface area contributed by atoms with Gasteiger partial charge < -0.3 is 15.3 Å². The van der Waals surface area contributed by atoms with Crippen LogP contribution >= 0.6 is 15.9 Å². The third-order valence-electron chi connectivity index (χ3n) is 6.53. The summed E-state index contributed by atoms with van der Waals surface area (Å²) < 4.78 is 16.7. The molecule has 1 aliphatic carbocycles. The Morgan fingerprint density at radius 3 is 2.85 bits per heavy atom. The molecule has 2 aromatic heterocycles. The number of carbonyl (C=O) groups excluding carboxylic acids is 2. The third kappa shape index (κ3) is 3.61. The zero-order valence-corrected chi connectivity index (χ0v) is 19.7. The molecular formula is C23H23BrFN5O3. The normalized spacial score (nSPS) is 26.2. The number of nitrogens with zero attached hydrogens (tertiary/aromatic N) is 4. The molecular weight excluding hydrogens is 493 g/mol. The fourth-order valence-corrected chi connectivity index (χ4v) is 5.30. The van der Waals surface area contributed by atoms with Crippen molar-refractivity contribution in [2.75, 3.05) is 11.9 Å². The number of fused-ring (bicyclic) bond motifs is 1. The van der Waals surface area contributed by atoms with Crippen molar-refractivity contribution in [1.82, 2.24) is 19.7 Å². The van der Waals surface area contributed by atoms with Crippen molar-refractivity contribution in [2.24, 2.45) is 0 Å². The molecule has 5 rings (SSSR count). The smallest absolute Gasteiger partial charge is 0.245 e. The van der Waals surface area contributed by atoms with Crippen molar-refractivity contribution < 1.29 is 19.1 Å². The molecule has 0 radical (unpaired) electrons. The topological polar surface area (TPSA) is 100 Å². The van der Waals surface area contributed by atoms with E-state index in [9.17, 15) is 19.1 Å². The summed E-state index contributed by atoms with van der Waals surface area (Å²) in [4.78, 5) is 31.2. The first kappa shape index (κ1) is 22.0. The number of aromatic nitrogens is 3. The third-order valence-corrected chi connectivity index (χ3v) is 6.97. The molecule has 2 unspecified atom stereocenters. The molecule has 3 aromatic rings. The monoisotopic (exact) mass is 515 g/mol. The van der Waals surface area contributed by atoms with E-state index in [1.54, 1.807) is 18.2 Å². The zero-order chi connectivity index (χ0) is 23.5. The Morgan fingerprint density at radius 2 is 2.12 bits per heavy atom. The van der Waals surface area contributed by atoms with Gasteiger partial charge >= 0.3 is 0 Å². The van der Waals surface area contributed by atoms with Crippen LogP contribution in [0.1, 0.15) is 29.4 Å². The molecule has 172 valence electrons. The molecule has 2 aliphatic rings. The minimum Gasteiger partial charge on any atom is -0.388 e. The SMILES string of the molecule is CC(=O)c1nn(CC(=O)N2C[C@H](F)CC23C(Nc2cccc(Br)n2)[C@H]3O)c2ccc(C)cc12. The molecule has 1 saturated heterocycles. The number of pyridine rings is 1. The summed E-state index contributed by atoms with van der Waals surface area (Å²) in [7, 11) is 0. The highest BCUT2D eigenvalue weighted by molar-refractivity contribution is 9.10. The van der Waals surface area contributed by atoms with E-state index >= 15 is 0 Å². The number of hydrogen-bond acceptors (Lipinski definition) is 6. The first-order valence-corrected chi connectivity index (χ1v) is 11.5. The van der Waals surface area contributed by atoms with Crippen LogP contribution in [0.4, 0.5) is 10.2 Å². The number of aliphatic hydroxyl groups is 1. The second kappa shape index (κ2) is 7.88. The lowest BCUT2D eigenvalue weighted by Gasteiger charge is -2.25. The number of carbonyl (C=O) groups is 2. The van der Waals surface area contributed by atoms with E-state index in [0.717, 1.165) is 5.56 Å². The van der Waals surface area contributed by atoms with Crippen LogP contribution in [0.25, 0.3) is 10.9 Å². The number of Topliss-reactive ketones (excluding diaryl/α,β-unsaturated/α-hetero) is 1. The van der Waals surface area contributed by atoms with Gasteiger partial charge in [-0.05, 0) is 47.1 Å². The Balaban J connectivity index is 1.42. The molecule has 2 fully saturated rings. The molecule has 1 spiro atoms.